The van der Waals surface area contributed by atoms with Crippen molar-refractivity contribution in [2.75, 3.05) is 0 Å². The zero-order chi connectivity index (χ0) is 14.9. The minimum atomic E-state index is -1.29. The third-order valence-electron chi connectivity index (χ3n) is 3.26. The first-order valence-electron chi connectivity index (χ1n) is 5.88. The van der Waals surface area contributed by atoms with Gasteiger partial charge in [0.25, 0.3) is 0 Å². The van der Waals surface area contributed by atoms with Gasteiger partial charge in [-0.3, -0.25) is 0 Å². The molecule has 0 saturated carbocycles. The van der Waals surface area contributed by atoms with Crippen LogP contribution in [0.25, 0.3) is 11.4 Å². The van der Waals surface area contributed by atoms with Crippen molar-refractivity contribution in [3.05, 3.63) is 29.0 Å². The van der Waals surface area contributed by atoms with E-state index in [9.17, 15) is 14.3 Å². The standard InChI is InChI=1S/C12H12ClFN4O2/c1-3-12(2,11(19)20)18-10(15-16-17-18)7-4-5-9(14)8(13)6-7/h4-6H,3H2,1-2H3,(H,19,20). The summed E-state index contributed by atoms with van der Waals surface area (Å²) in [7, 11) is 0. The first-order chi connectivity index (χ1) is 9.40. The van der Waals surface area contributed by atoms with Crippen molar-refractivity contribution in [2.45, 2.75) is 25.8 Å². The molecule has 0 aliphatic rings. The average Bonchev–Trinajstić information content (AvgIpc) is 2.90. The molecule has 0 radical (unpaired) electrons. The fourth-order valence-corrected chi connectivity index (χ4v) is 1.91. The molecule has 0 aliphatic heterocycles. The summed E-state index contributed by atoms with van der Waals surface area (Å²) < 4.78 is 14.4. The van der Waals surface area contributed by atoms with Crippen LogP contribution in [0.4, 0.5) is 4.39 Å². The Labute approximate surface area is 119 Å². The highest BCUT2D eigenvalue weighted by molar-refractivity contribution is 6.31. The van der Waals surface area contributed by atoms with E-state index in [1.165, 1.54) is 29.8 Å². The summed E-state index contributed by atoms with van der Waals surface area (Å²) in [6.07, 6.45) is 0.287. The lowest BCUT2D eigenvalue weighted by molar-refractivity contribution is -0.147. The maximum absolute atomic E-state index is 13.2. The van der Waals surface area contributed by atoms with Gasteiger partial charge in [0.2, 0.25) is 0 Å². The maximum atomic E-state index is 13.2. The van der Waals surface area contributed by atoms with Gasteiger partial charge >= 0.3 is 5.97 Å². The highest BCUT2D eigenvalue weighted by atomic mass is 35.5. The molecule has 1 heterocycles. The molecule has 8 heteroatoms. The number of rotatable bonds is 4. The van der Waals surface area contributed by atoms with Crippen molar-refractivity contribution in [1.82, 2.24) is 20.2 Å². The fourth-order valence-electron chi connectivity index (χ4n) is 1.73. The summed E-state index contributed by atoms with van der Waals surface area (Å²) in [5.74, 6) is -1.40. The van der Waals surface area contributed by atoms with Gasteiger partial charge in [-0.05, 0) is 42.0 Å². The second-order valence-electron chi connectivity index (χ2n) is 4.48. The number of hydrogen-bond acceptors (Lipinski definition) is 4. The zero-order valence-electron chi connectivity index (χ0n) is 10.8. The Morgan fingerprint density at radius 1 is 1.55 bits per heavy atom. The molecule has 6 nitrogen and oxygen atoms in total. The fraction of sp³-hybridized carbons (Fsp3) is 0.333. The van der Waals surface area contributed by atoms with Gasteiger partial charge in [-0.2, -0.15) is 0 Å². The van der Waals surface area contributed by atoms with Gasteiger partial charge in [0.15, 0.2) is 11.4 Å². The lowest BCUT2D eigenvalue weighted by Gasteiger charge is -2.24. The molecule has 1 unspecified atom stereocenters. The Balaban J connectivity index is 2.58. The predicted octanol–water partition coefficient (Wildman–Crippen LogP) is 2.34. The van der Waals surface area contributed by atoms with E-state index in [-0.39, 0.29) is 17.3 Å². The number of tetrazole rings is 1. The molecule has 0 saturated heterocycles. The molecule has 0 aliphatic carbocycles. The Morgan fingerprint density at radius 2 is 2.25 bits per heavy atom. The zero-order valence-corrected chi connectivity index (χ0v) is 11.6. The van der Waals surface area contributed by atoms with E-state index in [0.29, 0.717) is 5.56 Å². The quantitative estimate of drug-likeness (QED) is 0.937. The Hall–Kier alpha value is -2.02. The SMILES string of the molecule is CCC(C)(C(=O)O)n1nnnc1-c1ccc(F)c(Cl)c1. The first-order valence-corrected chi connectivity index (χ1v) is 6.25. The molecule has 1 N–H and O–H groups in total. The highest BCUT2D eigenvalue weighted by Crippen LogP contribution is 2.28. The monoisotopic (exact) mass is 298 g/mol. The lowest BCUT2D eigenvalue weighted by Crippen LogP contribution is -2.39. The van der Waals surface area contributed by atoms with Crippen molar-refractivity contribution in [3.8, 4) is 11.4 Å². The third kappa shape index (κ3) is 2.24. The van der Waals surface area contributed by atoms with Crippen LogP contribution in [0.5, 0.6) is 0 Å². The minimum absolute atomic E-state index is 0.0782. The molecule has 0 bridgehead atoms. The van der Waals surface area contributed by atoms with Crippen LogP contribution in [-0.4, -0.2) is 31.3 Å². The summed E-state index contributed by atoms with van der Waals surface area (Å²) >= 11 is 5.72. The number of hydrogen-bond donors (Lipinski definition) is 1. The normalized spacial score (nSPS) is 14.0. The topological polar surface area (TPSA) is 80.9 Å². The van der Waals surface area contributed by atoms with Crippen LogP contribution in [0, 0.1) is 5.82 Å². The number of carbonyl (C=O) groups is 1. The van der Waals surface area contributed by atoms with Gasteiger partial charge in [-0.15, -0.1) is 5.10 Å². The number of nitrogens with zero attached hydrogens (tertiary/aromatic N) is 4. The molecule has 0 spiro atoms. The number of carboxylic acid groups (broad SMARTS) is 1. The Bertz CT molecular complexity index is 661. The van der Waals surface area contributed by atoms with Gasteiger partial charge < -0.3 is 5.11 Å². The van der Waals surface area contributed by atoms with Crippen LogP contribution in [0.2, 0.25) is 5.02 Å². The van der Waals surface area contributed by atoms with Crippen LogP contribution in [-0.2, 0) is 10.3 Å². The van der Waals surface area contributed by atoms with Crippen LogP contribution < -0.4 is 0 Å². The van der Waals surface area contributed by atoms with Crippen LogP contribution in [0.15, 0.2) is 18.2 Å². The third-order valence-corrected chi connectivity index (χ3v) is 3.55. The number of aliphatic carboxylic acids is 1. The number of benzene rings is 1. The molecule has 106 valence electrons. The van der Waals surface area contributed by atoms with E-state index >= 15 is 0 Å². The second-order valence-corrected chi connectivity index (χ2v) is 4.88. The molecule has 0 amide bonds. The first kappa shape index (κ1) is 14.4. The van der Waals surface area contributed by atoms with Gasteiger partial charge in [-0.1, -0.05) is 18.5 Å². The van der Waals surface area contributed by atoms with Crippen molar-refractivity contribution >= 4 is 17.6 Å². The molecule has 2 aromatic rings. The summed E-state index contributed by atoms with van der Waals surface area (Å²) in [6.45, 7) is 3.23. The largest absolute Gasteiger partial charge is 0.479 e. The van der Waals surface area contributed by atoms with E-state index in [1.807, 2.05) is 0 Å². The van der Waals surface area contributed by atoms with E-state index < -0.39 is 17.3 Å². The van der Waals surface area contributed by atoms with Crippen LogP contribution in [0.3, 0.4) is 0 Å². The molecule has 0 fully saturated rings. The van der Waals surface area contributed by atoms with Crippen LogP contribution >= 0.6 is 11.6 Å². The number of halogens is 2. The average molecular weight is 299 g/mol. The van der Waals surface area contributed by atoms with Crippen molar-refractivity contribution in [1.29, 1.82) is 0 Å². The molecule has 20 heavy (non-hydrogen) atoms. The molecule has 1 atom stereocenters. The van der Waals surface area contributed by atoms with E-state index in [2.05, 4.69) is 15.5 Å². The summed E-state index contributed by atoms with van der Waals surface area (Å²) in [5.41, 5.74) is -0.845. The van der Waals surface area contributed by atoms with Crippen molar-refractivity contribution in [3.63, 3.8) is 0 Å². The van der Waals surface area contributed by atoms with Gasteiger partial charge in [-0.25, -0.2) is 13.9 Å². The minimum Gasteiger partial charge on any atom is -0.479 e. The highest BCUT2D eigenvalue weighted by Gasteiger charge is 2.37. The van der Waals surface area contributed by atoms with E-state index in [4.69, 9.17) is 11.6 Å². The number of carboxylic acids is 1. The summed E-state index contributed by atoms with van der Waals surface area (Å²) in [5, 5.41) is 20.4. The smallest absolute Gasteiger partial charge is 0.331 e. The van der Waals surface area contributed by atoms with Gasteiger partial charge in [0.05, 0.1) is 5.02 Å². The molecular formula is C12H12ClFN4O2. The van der Waals surface area contributed by atoms with E-state index in [0.717, 1.165) is 0 Å². The van der Waals surface area contributed by atoms with Crippen molar-refractivity contribution < 1.29 is 14.3 Å². The molecule has 1 aromatic carbocycles. The summed E-state index contributed by atoms with van der Waals surface area (Å²) in [6, 6.07) is 3.99. The Kier molecular flexibility index (Phi) is 3.71. The Morgan fingerprint density at radius 3 is 2.80 bits per heavy atom. The number of aromatic nitrogens is 4. The second kappa shape index (κ2) is 5.16. The molecule has 1 aromatic heterocycles. The summed E-state index contributed by atoms with van der Waals surface area (Å²) in [4.78, 5) is 11.5. The van der Waals surface area contributed by atoms with Crippen LogP contribution in [0.1, 0.15) is 20.3 Å². The molecule has 2 rings (SSSR count). The van der Waals surface area contributed by atoms with Crippen molar-refractivity contribution in [2.24, 2.45) is 0 Å². The van der Waals surface area contributed by atoms with Gasteiger partial charge in [0, 0.05) is 5.56 Å². The van der Waals surface area contributed by atoms with Gasteiger partial charge in [0.1, 0.15) is 5.82 Å². The van der Waals surface area contributed by atoms with E-state index in [1.54, 1.807) is 6.92 Å². The predicted molar refractivity (Wildman–Crippen MR) is 69.8 cm³/mol. The molecular weight excluding hydrogens is 287 g/mol. The maximum Gasteiger partial charge on any atom is 0.331 e. The lowest BCUT2D eigenvalue weighted by atomic mass is 9.99.